The van der Waals surface area contributed by atoms with E-state index in [0.717, 1.165) is 78.8 Å². The molecule has 0 aromatic heterocycles. The summed E-state index contributed by atoms with van der Waals surface area (Å²) in [5.74, 6) is -100. The fraction of sp³-hybridized carbons (Fsp3) is 0.729. The van der Waals surface area contributed by atoms with Gasteiger partial charge in [0.25, 0.3) is 0 Å². The molecule has 0 amide bonds. The molecule has 1 aliphatic rings. The van der Waals surface area contributed by atoms with Crippen molar-refractivity contribution in [2.75, 3.05) is 6.61 Å². The third-order valence-corrected chi connectivity index (χ3v) is 19.0. The van der Waals surface area contributed by atoms with Crippen LogP contribution < -0.4 is 4.74 Å². The first-order valence-electron chi connectivity index (χ1n) is 24.8. The number of cyclic esters (lactones) is 3. The minimum atomic E-state index is -8.87. The number of halogens is 30. The highest BCUT2D eigenvalue weighted by Crippen LogP contribution is 2.65. The van der Waals surface area contributed by atoms with Crippen LogP contribution in [0.25, 0.3) is 0 Å². The maximum Gasteiger partial charge on any atom is 0.460 e. The highest BCUT2D eigenvalue weighted by atomic mass is 28.4. The lowest BCUT2D eigenvalue weighted by Gasteiger charge is -2.45. The van der Waals surface area contributed by atoms with Crippen molar-refractivity contribution < 1.29 is 174 Å². The molecule has 510 valence electrons. The number of carbonyl (C=O) groups excluding carboxylic acids is 3. The quantitative estimate of drug-likeness (QED) is 0.0311. The van der Waals surface area contributed by atoms with Gasteiger partial charge in [0, 0.05) is 25.0 Å². The smallest absolute Gasteiger partial charge is 0.460 e. The monoisotopic (exact) mass is 1370 g/mol. The molecule has 2 rings (SSSR count). The molecule has 9 nitrogen and oxygen atoms in total. The van der Waals surface area contributed by atoms with E-state index in [1.807, 2.05) is 0 Å². The molecule has 1 aliphatic heterocycles. The Morgan fingerprint density at radius 3 is 1.25 bits per heavy atom. The predicted molar refractivity (Wildman–Crippen MR) is 241 cm³/mol. The van der Waals surface area contributed by atoms with Gasteiger partial charge >= 0.3 is 101 Å². The number of alkyl halides is 30. The highest BCUT2D eigenvalue weighted by Gasteiger charge is 2.95. The summed E-state index contributed by atoms with van der Waals surface area (Å²) in [7, 11) is -4.67. The Morgan fingerprint density at radius 2 is 0.841 bits per heavy atom. The van der Waals surface area contributed by atoms with E-state index in [0.29, 0.717) is 18.2 Å². The highest BCUT2D eigenvalue weighted by molar-refractivity contribution is 6.76. The van der Waals surface area contributed by atoms with Crippen LogP contribution in [0.5, 0.6) is 5.75 Å². The molecule has 0 radical (unpaired) electrons. The van der Waals surface area contributed by atoms with Gasteiger partial charge in [-0.1, -0.05) is 39.8 Å². The van der Waals surface area contributed by atoms with Crippen LogP contribution in [0.15, 0.2) is 48.6 Å². The molecule has 0 unspecified atom stereocenters. The molecule has 0 fully saturated rings. The molecule has 40 heteroatoms. The normalized spacial score (nSPS) is 21.0. The van der Waals surface area contributed by atoms with Crippen molar-refractivity contribution in [3.63, 3.8) is 0 Å². The van der Waals surface area contributed by atoms with Crippen LogP contribution in [0.4, 0.5) is 132 Å². The second kappa shape index (κ2) is 26.6. The van der Waals surface area contributed by atoms with Crippen LogP contribution in [-0.2, 0) is 44.4 Å². The van der Waals surface area contributed by atoms with E-state index in [4.69, 9.17) is 28.1 Å². The van der Waals surface area contributed by atoms with E-state index in [1.54, 1.807) is 0 Å². The van der Waals surface area contributed by atoms with E-state index >= 15 is 17.6 Å². The summed E-state index contributed by atoms with van der Waals surface area (Å²) in [5.41, 5.74) is -2.46. The average Bonchev–Trinajstić information content (AvgIpc) is 1.06. The summed E-state index contributed by atoms with van der Waals surface area (Å²) in [5, 5.41) is 0. The SMILES string of the molecule is CC(C)[Si](CCC(F)(F)C(F)(F)C(F)(F)C(F)(F)C(F)(F)C(F)(F)C(F)(F)C(F)(F)F)(O[C@@H]1C=CC(=O)O[C@@H](C)CC(=O)O[C@H](C)[C@@H](OCc2ccc(OCCCC(F)(F)C(F)(F)C(F)(F)C(F)(F)C(F)(F)C(F)(F)F)cc2)C=CC(=O)O[C@H]1C)C(C)C. The molecule has 5 atom stereocenters. The summed E-state index contributed by atoms with van der Waals surface area (Å²) < 4.78 is 447. The minimum Gasteiger partial charge on any atom is -0.494 e. The van der Waals surface area contributed by atoms with Gasteiger partial charge in [-0.2, -0.15) is 132 Å². The Hall–Kier alpha value is -5.05. The number of ether oxygens (including phenoxy) is 5. The van der Waals surface area contributed by atoms with Crippen molar-refractivity contribution in [2.45, 2.75) is 212 Å². The van der Waals surface area contributed by atoms with Crippen LogP contribution in [-0.4, -0.2) is 147 Å². The largest absolute Gasteiger partial charge is 0.494 e. The second-order valence-electron chi connectivity index (χ2n) is 20.4. The van der Waals surface area contributed by atoms with Gasteiger partial charge in [0.05, 0.1) is 19.6 Å². The van der Waals surface area contributed by atoms with Crippen LogP contribution >= 0.6 is 0 Å². The fourth-order valence-electron chi connectivity index (χ4n) is 7.96. The molecule has 1 aromatic rings. The van der Waals surface area contributed by atoms with Crippen molar-refractivity contribution >= 4 is 26.2 Å². The number of hydrogen-bond donors (Lipinski definition) is 0. The molecule has 0 N–H and O–H groups in total. The van der Waals surface area contributed by atoms with Crippen molar-refractivity contribution in [1.29, 1.82) is 0 Å². The van der Waals surface area contributed by atoms with Gasteiger partial charge in [0.2, 0.25) is 0 Å². The van der Waals surface area contributed by atoms with E-state index in [9.17, 15) is 129 Å². The van der Waals surface area contributed by atoms with Crippen LogP contribution in [0, 0.1) is 0 Å². The average molecular weight is 1370 g/mol. The van der Waals surface area contributed by atoms with Gasteiger partial charge in [0.1, 0.15) is 36.3 Å². The third kappa shape index (κ3) is 15.3. The molecule has 0 spiro atoms. The van der Waals surface area contributed by atoms with Crippen molar-refractivity contribution in [1.82, 2.24) is 0 Å². The number of carbonyl (C=O) groups is 3. The van der Waals surface area contributed by atoms with Crippen LogP contribution in [0.1, 0.15) is 79.7 Å². The summed E-state index contributed by atoms with van der Waals surface area (Å²) in [6.45, 7) is 5.89. The first-order valence-corrected chi connectivity index (χ1v) is 27.0. The summed E-state index contributed by atoms with van der Waals surface area (Å²) >= 11 is 0. The molecule has 0 aliphatic carbocycles. The molecule has 1 heterocycles. The van der Waals surface area contributed by atoms with Crippen molar-refractivity contribution in [2.24, 2.45) is 0 Å². The van der Waals surface area contributed by atoms with Gasteiger partial charge in [0.15, 0.2) is 8.32 Å². The maximum absolute atomic E-state index is 15.4. The molecule has 0 bridgehead atoms. The van der Waals surface area contributed by atoms with Gasteiger partial charge in [-0.3, -0.25) is 4.79 Å². The molecule has 0 saturated heterocycles. The number of rotatable bonds is 25. The second-order valence-corrected chi connectivity index (χ2v) is 25.3. The maximum atomic E-state index is 15.4. The lowest BCUT2D eigenvalue weighted by atomic mass is 9.88. The Kier molecular flexibility index (Phi) is 23.9. The summed E-state index contributed by atoms with van der Waals surface area (Å²) in [6, 6.07) is 2.51. The molecule has 1 aromatic carbocycles. The van der Waals surface area contributed by atoms with Gasteiger partial charge < -0.3 is 28.1 Å². The summed E-state index contributed by atoms with van der Waals surface area (Å²) in [4.78, 5) is 39.1. The standard InChI is InChI=1S/C48H50F30O9Si/c1-23(2)88(24(3)4,20-18-36(51,52)38(55,56)39(57,58)41(61,62)42(63,64)44(67,68)46(71,72)48(76,77)78)87-31-14-16-32(79)84-25(5)21-34(81)86-26(6)30(13-15-33(80)85-27(31)7)83-22-28-9-11-29(12-10-28)82-19-8-17-35(49,50)37(53,54)40(59,60)43(65,66)45(69,70)47(73,74)75/h9-16,23-27,30-31H,8,17-22H2,1-7H3/t25-,26+,27-,30-,31+/m0/s1. The van der Waals surface area contributed by atoms with Crippen LogP contribution in [0.3, 0.4) is 0 Å². The number of benzene rings is 1. The van der Waals surface area contributed by atoms with Crippen molar-refractivity contribution in [3.8, 4) is 5.75 Å². The van der Waals surface area contributed by atoms with Gasteiger partial charge in [-0.15, -0.1) is 0 Å². The van der Waals surface area contributed by atoms with E-state index < -0.39 is 196 Å². The van der Waals surface area contributed by atoms with E-state index in [2.05, 4.69) is 0 Å². The molecule has 0 saturated carbocycles. The van der Waals surface area contributed by atoms with Crippen molar-refractivity contribution in [3.05, 3.63) is 54.1 Å². The Balaban J connectivity index is 2.45. The Labute approximate surface area is 478 Å². The Morgan fingerprint density at radius 1 is 0.477 bits per heavy atom. The predicted octanol–water partition coefficient (Wildman–Crippen LogP) is 16.3. The van der Waals surface area contributed by atoms with E-state index in [1.165, 1.54) is 0 Å². The lowest BCUT2D eigenvalue weighted by Crippen LogP contribution is -2.74. The first kappa shape index (κ1) is 79.0. The zero-order valence-electron chi connectivity index (χ0n) is 45.6. The molecule has 88 heavy (non-hydrogen) atoms. The minimum absolute atomic E-state index is 0.0921. The zero-order valence-corrected chi connectivity index (χ0v) is 46.6. The van der Waals surface area contributed by atoms with Gasteiger partial charge in [-0.05, 0) is 74.2 Å². The van der Waals surface area contributed by atoms with Crippen LogP contribution in [0.2, 0.25) is 17.1 Å². The fourth-order valence-corrected chi connectivity index (χ4v) is 12.6. The summed E-state index contributed by atoms with van der Waals surface area (Å²) in [6.07, 6.45) is -28.7. The Bertz CT molecular complexity index is 2580. The number of esters is 3. The topological polar surface area (TPSA) is 107 Å². The van der Waals surface area contributed by atoms with E-state index in [-0.39, 0.29) is 11.3 Å². The molecular weight excluding hydrogens is 1320 g/mol. The number of hydrogen-bond acceptors (Lipinski definition) is 9. The zero-order chi connectivity index (χ0) is 69.3. The lowest BCUT2D eigenvalue weighted by molar-refractivity contribution is -0.461. The van der Waals surface area contributed by atoms with Gasteiger partial charge in [-0.25, -0.2) is 9.59 Å². The third-order valence-electron chi connectivity index (χ3n) is 13.4. The first-order chi connectivity index (χ1) is 39.1. The molecular formula is C48H50F30O9Si.